The van der Waals surface area contributed by atoms with Crippen molar-refractivity contribution in [2.24, 2.45) is 5.73 Å². The minimum absolute atomic E-state index is 0.324. The maximum Gasteiger partial charge on any atom is 0.267 e. The van der Waals surface area contributed by atoms with E-state index in [1.807, 2.05) is 12.1 Å². The Balaban J connectivity index is 2.10. The minimum Gasteiger partial charge on any atom is -0.364 e. The molecule has 0 radical (unpaired) electrons. The highest BCUT2D eigenvalue weighted by atomic mass is 16.1. The van der Waals surface area contributed by atoms with Crippen molar-refractivity contribution in [1.82, 2.24) is 10.3 Å². The molecule has 5 heteroatoms. The van der Waals surface area contributed by atoms with Gasteiger partial charge in [0.05, 0.1) is 0 Å². The summed E-state index contributed by atoms with van der Waals surface area (Å²) in [4.78, 5) is 17.6. The lowest BCUT2D eigenvalue weighted by Crippen LogP contribution is -2.38. The van der Waals surface area contributed by atoms with E-state index in [9.17, 15) is 4.79 Å². The van der Waals surface area contributed by atoms with Crippen molar-refractivity contribution in [2.45, 2.75) is 25.8 Å². The number of pyridine rings is 1. The van der Waals surface area contributed by atoms with Gasteiger partial charge < -0.3 is 16.0 Å². The van der Waals surface area contributed by atoms with Crippen molar-refractivity contribution in [3.8, 4) is 0 Å². The van der Waals surface area contributed by atoms with Crippen molar-refractivity contribution < 1.29 is 4.79 Å². The lowest BCUT2D eigenvalue weighted by atomic mass is 10.2. The number of hydrogen-bond acceptors (Lipinski definition) is 4. The first-order valence-corrected chi connectivity index (χ1v) is 6.46. The fourth-order valence-corrected chi connectivity index (χ4v) is 2.30. The van der Waals surface area contributed by atoms with Crippen LogP contribution in [0.15, 0.2) is 18.2 Å². The van der Waals surface area contributed by atoms with Gasteiger partial charge in [-0.05, 0) is 38.4 Å². The maximum absolute atomic E-state index is 11.1. The van der Waals surface area contributed by atoms with Gasteiger partial charge in [-0.2, -0.15) is 0 Å². The molecule has 98 valence electrons. The number of carbonyl (C=O) groups excluding carboxylic acids is 1. The molecule has 1 unspecified atom stereocenters. The lowest BCUT2D eigenvalue weighted by Gasteiger charge is -2.25. The topological polar surface area (TPSA) is 71.2 Å². The second-order valence-corrected chi connectivity index (χ2v) is 4.58. The molecule has 1 atom stereocenters. The van der Waals surface area contributed by atoms with Crippen LogP contribution in [-0.2, 0) is 0 Å². The Labute approximate surface area is 107 Å². The summed E-state index contributed by atoms with van der Waals surface area (Å²) in [5, 5.41) is 3.47. The first kappa shape index (κ1) is 12.8. The van der Waals surface area contributed by atoms with E-state index in [0.717, 1.165) is 25.5 Å². The number of likely N-dealkylation sites (N-methyl/N-ethyl adjacent to an activating group) is 1. The number of carbonyl (C=O) groups is 1. The average molecular weight is 248 g/mol. The van der Waals surface area contributed by atoms with E-state index in [1.54, 1.807) is 6.07 Å². The highest BCUT2D eigenvalue weighted by Crippen LogP contribution is 2.14. The first-order valence-electron chi connectivity index (χ1n) is 6.46. The van der Waals surface area contributed by atoms with Gasteiger partial charge in [-0.1, -0.05) is 6.07 Å². The average Bonchev–Trinajstić information content (AvgIpc) is 2.89. The fraction of sp³-hybridized carbons (Fsp3) is 0.538. The molecule has 1 saturated heterocycles. The molecule has 1 fully saturated rings. The Kier molecular flexibility index (Phi) is 4.15. The van der Waals surface area contributed by atoms with E-state index < -0.39 is 5.91 Å². The Morgan fingerprint density at radius 3 is 3.06 bits per heavy atom. The van der Waals surface area contributed by atoms with E-state index in [-0.39, 0.29) is 0 Å². The summed E-state index contributed by atoms with van der Waals surface area (Å²) in [6.45, 7) is 4.98. The molecule has 1 aromatic heterocycles. The second kappa shape index (κ2) is 5.82. The number of anilines is 1. The van der Waals surface area contributed by atoms with Crippen LogP contribution in [0.25, 0.3) is 0 Å². The monoisotopic (exact) mass is 248 g/mol. The number of amides is 1. The van der Waals surface area contributed by atoms with Gasteiger partial charge in [0.2, 0.25) is 0 Å². The highest BCUT2D eigenvalue weighted by Gasteiger charge is 2.18. The van der Waals surface area contributed by atoms with E-state index in [4.69, 9.17) is 5.73 Å². The van der Waals surface area contributed by atoms with E-state index in [2.05, 4.69) is 22.1 Å². The first-order chi connectivity index (χ1) is 8.70. The third-order valence-corrected chi connectivity index (χ3v) is 3.30. The molecule has 1 aromatic rings. The van der Waals surface area contributed by atoms with Crippen LogP contribution < -0.4 is 16.0 Å². The van der Waals surface area contributed by atoms with Crippen LogP contribution in [0, 0.1) is 0 Å². The molecule has 18 heavy (non-hydrogen) atoms. The van der Waals surface area contributed by atoms with Crippen LogP contribution in [0.3, 0.4) is 0 Å². The third-order valence-electron chi connectivity index (χ3n) is 3.30. The van der Waals surface area contributed by atoms with Crippen molar-refractivity contribution in [3.63, 3.8) is 0 Å². The Morgan fingerprint density at radius 1 is 1.61 bits per heavy atom. The summed E-state index contributed by atoms with van der Waals surface area (Å²) < 4.78 is 0. The maximum atomic E-state index is 11.1. The van der Waals surface area contributed by atoms with Gasteiger partial charge in [0.25, 0.3) is 5.91 Å². The second-order valence-electron chi connectivity index (χ2n) is 4.58. The van der Waals surface area contributed by atoms with Gasteiger partial charge in [-0.15, -0.1) is 0 Å². The van der Waals surface area contributed by atoms with Gasteiger partial charge >= 0.3 is 0 Å². The predicted molar refractivity (Wildman–Crippen MR) is 71.7 cm³/mol. The summed E-state index contributed by atoms with van der Waals surface area (Å²) in [6.07, 6.45) is 2.43. The molecule has 1 aliphatic rings. The summed E-state index contributed by atoms with van der Waals surface area (Å²) >= 11 is 0. The summed E-state index contributed by atoms with van der Waals surface area (Å²) in [5.74, 6) is 0.342. The number of nitrogens with zero attached hydrogens (tertiary/aromatic N) is 2. The standard InChI is InChI=1S/C13H20N4O/c1-2-17(9-10-5-4-8-15-10)12-7-3-6-11(16-12)13(14)18/h3,6-7,10,15H,2,4-5,8-9H2,1H3,(H2,14,18). The quantitative estimate of drug-likeness (QED) is 0.807. The summed E-state index contributed by atoms with van der Waals surface area (Å²) in [5.41, 5.74) is 5.58. The van der Waals surface area contributed by atoms with E-state index in [0.29, 0.717) is 11.7 Å². The van der Waals surface area contributed by atoms with Crippen LogP contribution >= 0.6 is 0 Å². The molecule has 1 amide bonds. The molecule has 2 rings (SSSR count). The van der Waals surface area contributed by atoms with Crippen molar-refractivity contribution in [3.05, 3.63) is 23.9 Å². The molecule has 0 aromatic carbocycles. The molecule has 0 saturated carbocycles. The van der Waals surface area contributed by atoms with Crippen LogP contribution in [0.2, 0.25) is 0 Å². The van der Waals surface area contributed by atoms with Crippen LogP contribution in [0.4, 0.5) is 5.82 Å². The third kappa shape index (κ3) is 2.98. The van der Waals surface area contributed by atoms with Gasteiger partial charge in [0.1, 0.15) is 11.5 Å². The number of nitrogens with one attached hydrogen (secondary N) is 1. The molecule has 1 aliphatic heterocycles. The predicted octanol–water partition coefficient (Wildman–Crippen LogP) is 0.759. The molecule has 2 heterocycles. The zero-order valence-electron chi connectivity index (χ0n) is 10.7. The van der Waals surface area contributed by atoms with Crippen molar-refractivity contribution in [1.29, 1.82) is 0 Å². The molecule has 3 N–H and O–H groups in total. The van der Waals surface area contributed by atoms with Gasteiger partial charge in [0.15, 0.2) is 0 Å². The Bertz CT molecular complexity index is 415. The number of rotatable bonds is 5. The normalized spacial score (nSPS) is 18.8. The SMILES string of the molecule is CCN(CC1CCCN1)c1cccc(C(N)=O)n1. The molecule has 0 spiro atoms. The Morgan fingerprint density at radius 2 is 2.44 bits per heavy atom. The molecular formula is C13H20N4O. The van der Waals surface area contributed by atoms with Gasteiger partial charge in [-0.25, -0.2) is 4.98 Å². The highest BCUT2D eigenvalue weighted by molar-refractivity contribution is 5.91. The van der Waals surface area contributed by atoms with Crippen LogP contribution in [-0.4, -0.2) is 36.6 Å². The summed E-state index contributed by atoms with van der Waals surface area (Å²) in [6, 6.07) is 5.91. The van der Waals surface area contributed by atoms with E-state index in [1.165, 1.54) is 12.8 Å². The number of primary amides is 1. The molecule has 0 bridgehead atoms. The number of hydrogen-bond donors (Lipinski definition) is 2. The zero-order valence-corrected chi connectivity index (χ0v) is 10.7. The largest absolute Gasteiger partial charge is 0.364 e. The molecule has 5 nitrogen and oxygen atoms in total. The van der Waals surface area contributed by atoms with Crippen LogP contribution in [0.5, 0.6) is 0 Å². The Hall–Kier alpha value is -1.62. The van der Waals surface area contributed by atoms with Gasteiger partial charge in [-0.3, -0.25) is 4.79 Å². The zero-order chi connectivity index (χ0) is 13.0. The number of aromatic nitrogens is 1. The van der Waals surface area contributed by atoms with E-state index >= 15 is 0 Å². The fourth-order valence-electron chi connectivity index (χ4n) is 2.30. The van der Waals surface area contributed by atoms with Gasteiger partial charge in [0, 0.05) is 19.1 Å². The minimum atomic E-state index is -0.480. The number of nitrogens with two attached hydrogens (primary N) is 1. The summed E-state index contributed by atoms with van der Waals surface area (Å²) in [7, 11) is 0. The van der Waals surface area contributed by atoms with Crippen molar-refractivity contribution >= 4 is 11.7 Å². The molecule has 0 aliphatic carbocycles. The molecular weight excluding hydrogens is 228 g/mol. The smallest absolute Gasteiger partial charge is 0.267 e. The lowest BCUT2D eigenvalue weighted by molar-refractivity contribution is 0.0995. The van der Waals surface area contributed by atoms with Crippen LogP contribution in [0.1, 0.15) is 30.3 Å². The van der Waals surface area contributed by atoms with Crippen molar-refractivity contribution in [2.75, 3.05) is 24.5 Å².